The third-order valence-corrected chi connectivity index (χ3v) is 4.11. The van der Waals surface area contributed by atoms with E-state index in [0.29, 0.717) is 11.5 Å². The van der Waals surface area contributed by atoms with E-state index in [9.17, 15) is 0 Å². The van der Waals surface area contributed by atoms with Gasteiger partial charge in [-0.05, 0) is 55.5 Å². The Labute approximate surface area is 129 Å². The SMILES string of the molecule is CCNC(CCc1ccc2nc(C)ccc2c1)C(C)(C)C. The maximum Gasteiger partial charge on any atom is 0.0705 e. The lowest BCUT2D eigenvalue weighted by atomic mass is 9.83. The molecule has 2 rings (SSSR count). The smallest absolute Gasteiger partial charge is 0.0705 e. The van der Waals surface area contributed by atoms with Crippen molar-refractivity contribution in [3.8, 4) is 0 Å². The molecule has 1 atom stereocenters. The van der Waals surface area contributed by atoms with Crippen LogP contribution in [0.5, 0.6) is 0 Å². The van der Waals surface area contributed by atoms with E-state index in [2.05, 4.69) is 68.3 Å². The standard InChI is InChI=1S/C19H28N2/c1-6-20-18(19(3,4)5)12-9-15-8-11-17-16(13-15)10-7-14(2)21-17/h7-8,10-11,13,18,20H,6,9,12H2,1-5H3. The molecule has 0 fully saturated rings. The summed E-state index contributed by atoms with van der Waals surface area (Å²) in [6, 6.07) is 11.5. The molecule has 0 amide bonds. The number of nitrogens with zero attached hydrogens (tertiary/aromatic N) is 1. The summed E-state index contributed by atoms with van der Waals surface area (Å²) in [5.41, 5.74) is 3.87. The first kappa shape index (κ1) is 16.0. The highest BCUT2D eigenvalue weighted by molar-refractivity contribution is 5.79. The number of aryl methyl sites for hydroxylation is 2. The predicted molar refractivity (Wildman–Crippen MR) is 91.7 cm³/mol. The maximum absolute atomic E-state index is 4.57. The molecule has 1 aromatic heterocycles. The van der Waals surface area contributed by atoms with E-state index in [1.807, 2.05) is 6.92 Å². The molecule has 1 unspecified atom stereocenters. The van der Waals surface area contributed by atoms with Crippen LogP contribution in [0, 0.1) is 12.3 Å². The number of aromatic nitrogens is 1. The Balaban J connectivity index is 2.10. The molecule has 21 heavy (non-hydrogen) atoms. The van der Waals surface area contributed by atoms with Gasteiger partial charge in [0.15, 0.2) is 0 Å². The fourth-order valence-corrected chi connectivity index (χ4v) is 2.83. The Kier molecular flexibility index (Phi) is 5.00. The maximum atomic E-state index is 4.57. The summed E-state index contributed by atoms with van der Waals surface area (Å²) in [5.74, 6) is 0. The van der Waals surface area contributed by atoms with Crippen molar-refractivity contribution in [1.29, 1.82) is 0 Å². The molecule has 0 aliphatic carbocycles. The van der Waals surface area contributed by atoms with Gasteiger partial charge in [-0.15, -0.1) is 0 Å². The number of fused-ring (bicyclic) bond motifs is 1. The summed E-state index contributed by atoms with van der Waals surface area (Å²) in [5, 5.41) is 4.87. The minimum Gasteiger partial charge on any atom is -0.314 e. The van der Waals surface area contributed by atoms with Gasteiger partial charge >= 0.3 is 0 Å². The second kappa shape index (κ2) is 6.57. The zero-order valence-electron chi connectivity index (χ0n) is 14.0. The topological polar surface area (TPSA) is 24.9 Å². The van der Waals surface area contributed by atoms with E-state index in [0.717, 1.165) is 24.2 Å². The van der Waals surface area contributed by atoms with Gasteiger partial charge in [-0.1, -0.05) is 39.8 Å². The first-order chi connectivity index (χ1) is 9.90. The summed E-state index contributed by atoms with van der Waals surface area (Å²) >= 11 is 0. The van der Waals surface area contributed by atoms with Crippen LogP contribution in [-0.2, 0) is 6.42 Å². The summed E-state index contributed by atoms with van der Waals surface area (Å²) in [6.07, 6.45) is 2.28. The van der Waals surface area contributed by atoms with Crippen molar-refractivity contribution >= 4 is 10.9 Å². The van der Waals surface area contributed by atoms with Gasteiger partial charge in [-0.25, -0.2) is 0 Å². The molecule has 0 aliphatic rings. The van der Waals surface area contributed by atoms with Crippen LogP contribution in [0.15, 0.2) is 30.3 Å². The van der Waals surface area contributed by atoms with Crippen LogP contribution in [0.3, 0.4) is 0 Å². The van der Waals surface area contributed by atoms with Crippen molar-refractivity contribution in [2.45, 2.75) is 53.5 Å². The van der Waals surface area contributed by atoms with Crippen LogP contribution < -0.4 is 5.32 Å². The van der Waals surface area contributed by atoms with Gasteiger partial charge in [0.2, 0.25) is 0 Å². The molecule has 2 aromatic rings. The molecule has 114 valence electrons. The normalized spacial score (nSPS) is 13.6. The molecule has 2 nitrogen and oxygen atoms in total. The van der Waals surface area contributed by atoms with Gasteiger partial charge in [0.1, 0.15) is 0 Å². The summed E-state index contributed by atoms with van der Waals surface area (Å²) in [6.45, 7) is 12.2. The number of nitrogens with one attached hydrogen (secondary N) is 1. The third-order valence-electron chi connectivity index (χ3n) is 4.11. The molecule has 1 N–H and O–H groups in total. The quantitative estimate of drug-likeness (QED) is 0.874. The fraction of sp³-hybridized carbons (Fsp3) is 0.526. The average Bonchev–Trinajstić information content (AvgIpc) is 2.42. The highest BCUT2D eigenvalue weighted by Gasteiger charge is 2.23. The van der Waals surface area contributed by atoms with Crippen molar-refractivity contribution in [2.24, 2.45) is 5.41 Å². The van der Waals surface area contributed by atoms with Gasteiger partial charge < -0.3 is 5.32 Å². The zero-order chi connectivity index (χ0) is 15.5. The molecule has 1 heterocycles. The number of hydrogen-bond acceptors (Lipinski definition) is 2. The molecule has 1 aromatic carbocycles. The molecular weight excluding hydrogens is 256 g/mol. The zero-order valence-corrected chi connectivity index (χ0v) is 14.0. The molecular formula is C19H28N2. The van der Waals surface area contributed by atoms with Crippen molar-refractivity contribution in [3.63, 3.8) is 0 Å². The third kappa shape index (κ3) is 4.28. The van der Waals surface area contributed by atoms with Crippen molar-refractivity contribution in [1.82, 2.24) is 10.3 Å². The number of benzene rings is 1. The highest BCUT2D eigenvalue weighted by Crippen LogP contribution is 2.24. The van der Waals surface area contributed by atoms with E-state index in [1.165, 1.54) is 17.4 Å². The van der Waals surface area contributed by atoms with Gasteiger partial charge in [0, 0.05) is 17.1 Å². The van der Waals surface area contributed by atoms with Crippen LogP contribution in [0.25, 0.3) is 10.9 Å². The van der Waals surface area contributed by atoms with Gasteiger partial charge in [0.05, 0.1) is 5.52 Å². The van der Waals surface area contributed by atoms with E-state index in [-0.39, 0.29) is 0 Å². The predicted octanol–water partition coefficient (Wildman–Crippen LogP) is 4.50. The number of hydrogen-bond donors (Lipinski definition) is 1. The summed E-state index contributed by atoms with van der Waals surface area (Å²) < 4.78 is 0. The monoisotopic (exact) mass is 284 g/mol. The molecule has 2 heteroatoms. The van der Waals surface area contributed by atoms with E-state index in [1.54, 1.807) is 0 Å². The van der Waals surface area contributed by atoms with Gasteiger partial charge in [-0.3, -0.25) is 4.98 Å². The average molecular weight is 284 g/mol. The van der Waals surface area contributed by atoms with Crippen molar-refractivity contribution in [3.05, 3.63) is 41.6 Å². The Morgan fingerprint density at radius 2 is 1.90 bits per heavy atom. The molecule has 0 spiro atoms. The Hall–Kier alpha value is -1.41. The minimum absolute atomic E-state index is 0.297. The molecule has 0 aliphatic heterocycles. The first-order valence-electron chi connectivity index (χ1n) is 8.00. The lowest BCUT2D eigenvalue weighted by Gasteiger charge is -2.31. The summed E-state index contributed by atoms with van der Waals surface area (Å²) in [4.78, 5) is 4.57. The van der Waals surface area contributed by atoms with Crippen molar-refractivity contribution in [2.75, 3.05) is 6.54 Å². The Morgan fingerprint density at radius 3 is 2.57 bits per heavy atom. The van der Waals surface area contributed by atoms with Crippen LogP contribution in [0.1, 0.15) is 45.4 Å². The molecule has 0 bridgehead atoms. The van der Waals surface area contributed by atoms with Crippen LogP contribution in [0.4, 0.5) is 0 Å². The van der Waals surface area contributed by atoms with Gasteiger partial charge in [-0.2, -0.15) is 0 Å². The minimum atomic E-state index is 0.297. The van der Waals surface area contributed by atoms with E-state index in [4.69, 9.17) is 0 Å². The fourth-order valence-electron chi connectivity index (χ4n) is 2.83. The Morgan fingerprint density at radius 1 is 1.14 bits per heavy atom. The second-order valence-corrected chi connectivity index (χ2v) is 6.99. The largest absolute Gasteiger partial charge is 0.314 e. The Bertz CT molecular complexity index is 596. The van der Waals surface area contributed by atoms with Crippen LogP contribution in [-0.4, -0.2) is 17.6 Å². The van der Waals surface area contributed by atoms with Crippen molar-refractivity contribution < 1.29 is 0 Å². The van der Waals surface area contributed by atoms with Crippen LogP contribution >= 0.6 is 0 Å². The first-order valence-corrected chi connectivity index (χ1v) is 8.00. The van der Waals surface area contributed by atoms with E-state index >= 15 is 0 Å². The number of rotatable bonds is 5. The van der Waals surface area contributed by atoms with Gasteiger partial charge in [0.25, 0.3) is 0 Å². The molecule has 0 radical (unpaired) electrons. The number of pyridine rings is 1. The second-order valence-electron chi connectivity index (χ2n) is 6.99. The molecule has 0 saturated heterocycles. The lowest BCUT2D eigenvalue weighted by molar-refractivity contribution is 0.258. The van der Waals surface area contributed by atoms with Crippen LogP contribution in [0.2, 0.25) is 0 Å². The van der Waals surface area contributed by atoms with E-state index < -0.39 is 0 Å². The highest BCUT2D eigenvalue weighted by atomic mass is 14.9. The summed E-state index contributed by atoms with van der Waals surface area (Å²) in [7, 11) is 0. The lowest BCUT2D eigenvalue weighted by Crippen LogP contribution is -2.40. The molecule has 0 saturated carbocycles.